The molecule has 148 valence electrons. The van der Waals surface area contributed by atoms with Gasteiger partial charge in [-0.2, -0.15) is 0 Å². The van der Waals surface area contributed by atoms with E-state index in [1.807, 2.05) is 47.2 Å². The van der Waals surface area contributed by atoms with Gasteiger partial charge in [-0.15, -0.1) is 0 Å². The van der Waals surface area contributed by atoms with Crippen molar-refractivity contribution < 1.29 is 9.84 Å². The van der Waals surface area contributed by atoms with Crippen LogP contribution >= 0.6 is 0 Å². The minimum absolute atomic E-state index is 0.212. The Bertz CT molecular complexity index is 1170. The van der Waals surface area contributed by atoms with Crippen LogP contribution in [0.5, 0.6) is 5.75 Å². The molecular formula is C22H22N4O3. The van der Waals surface area contributed by atoms with Crippen LogP contribution in [0.2, 0.25) is 0 Å². The highest BCUT2D eigenvalue weighted by atomic mass is 16.5. The molecule has 0 aliphatic carbocycles. The van der Waals surface area contributed by atoms with Crippen LogP contribution < -0.4 is 10.3 Å². The molecule has 0 aliphatic rings. The van der Waals surface area contributed by atoms with Gasteiger partial charge in [0.2, 0.25) is 0 Å². The van der Waals surface area contributed by atoms with E-state index >= 15 is 0 Å². The molecule has 29 heavy (non-hydrogen) atoms. The number of pyridine rings is 1. The first-order chi connectivity index (χ1) is 13.9. The van der Waals surface area contributed by atoms with Gasteiger partial charge in [-0.1, -0.05) is 6.07 Å². The Kier molecular flexibility index (Phi) is 4.90. The summed E-state index contributed by atoms with van der Waals surface area (Å²) in [5, 5.41) is 9.79. The first kappa shape index (κ1) is 18.9. The van der Waals surface area contributed by atoms with E-state index in [1.165, 1.54) is 6.33 Å². The highest BCUT2D eigenvalue weighted by Crippen LogP contribution is 2.29. The Balaban J connectivity index is 1.70. The number of hydrogen-bond donors (Lipinski definition) is 2. The topological polar surface area (TPSA) is 93.0 Å². The molecule has 0 radical (unpaired) electrons. The Morgan fingerprint density at radius 1 is 1.21 bits per heavy atom. The Hall–Kier alpha value is -3.45. The summed E-state index contributed by atoms with van der Waals surface area (Å²) in [4.78, 5) is 23.8. The summed E-state index contributed by atoms with van der Waals surface area (Å²) < 4.78 is 7.52. The molecule has 1 aromatic carbocycles. The summed E-state index contributed by atoms with van der Waals surface area (Å²) in [6.07, 6.45) is 7.30. The van der Waals surface area contributed by atoms with Gasteiger partial charge in [0.25, 0.3) is 5.56 Å². The predicted octanol–water partition coefficient (Wildman–Crippen LogP) is 3.32. The number of nitrogens with zero attached hydrogens (tertiary/aromatic N) is 3. The second kappa shape index (κ2) is 7.52. The predicted molar refractivity (Wildman–Crippen MR) is 111 cm³/mol. The molecule has 0 atom stereocenters. The third-order valence-corrected chi connectivity index (χ3v) is 4.65. The van der Waals surface area contributed by atoms with Crippen LogP contribution in [0.1, 0.15) is 20.3 Å². The molecule has 0 aliphatic heterocycles. The van der Waals surface area contributed by atoms with E-state index in [9.17, 15) is 9.90 Å². The van der Waals surface area contributed by atoms with E-state index in [1.54, 1.807) is 26.2 Å². The van der Waals surface area contributed by atoms with Crippen molar-refractivity contribution in [3.8, 4) is 22.6 Å². The molecule has 0 bridgehead atoms. The van der Waals surface area contributed by atoms with Gasteiger partial charge in [0.05, 0.1) is 18.5 Å². The number of aromatic amines is 1. The summed E-state index contributed by atoms with van der Waals surface area (Å²) in [7, 11) is 0. The number of aliphatic hydroxyl groups is 1. The van der Waals surface area contributed by atoms with Crippen molar-refractivity contribution in [2.75, 3.05) is 6.61 Å². The van der Waals surface area contributed by atoms with Gasteiger partial charge in [-0.05, 0) is 44.2 Å². The van der Waals surface area contributed by atoms with Crippen LogP contribution in [0.4, 0.5) is 0 Å². The van der Waals surface area contributed by atoms with Crippen LogP contribution in [0.15, 0.2) is 66.1 Å². The normalized spacial score (nSPS) is 11.7. The summed E-state index contributed by atoms with van der Waals surface area (Å²) >= 11 is 0. The van der Waals surface area contributed by atoms with Crippen molar-refractivity contribution in [1.82, 2.24) is 19.5 Å². The molecule has 0 saturated heterocycles. The maximum atomic E-state index is 12.5. The van der Waals surface area contributed by atoms with Crippen molar-refractivity contribution in [2.45, 2.75) is 25.9 Å². The monoisotopic (exact) mass is 390 g/mol. The number of nitrogens with one attached hydrogen (secondary N) is 1. The third-order valence-electron chi connectivity index (χ3n) is 4.65. The lowest BCUT2D eigenvalue weighted by Gasteiger charge is -2.17. The van der Waals surface area contributed by atoms with Gasteiger partial charge in [-0.25, -0.2) is 4.98 Å². The summed E-state index contributed by atoms with van der Waals surface area (Å²) in [6, 6.07) is 11.3. The second-order valence-electron chi connectivity index (χ2n) is 7.49. The fourth-order valence-electron chi connectivity index (χ4n) is 3.13. The zero-order chi connectivity index (χ0) is 20.4. The van der Waals surface area contributed by atoms with Crippen molar-refractivity contribution in [3.63, 3.8) is 0 Å². The van der Waals surface area contributed by atoms with Crippen molar-refractivity contribution in [1.29, 1.82) is 0 Å². The minimum Gasteiger partial charge on any atom is -0.493 e. The summed E-state index contributed by atoms with van der Waals surface area (Å²) in [5.41, 5.74) is 2.66. The molecule has 3 heterocycles. The highest BCUT2D eigenvalue weighted by Gasteiger charge is 2.16. The van der Waals surface area contributed by atoms with E-state index in [0.717, 1.165) is 16.8 Å². The molecule has 0 amide bonds. The van der Waals surface area contributed by atoms with Crippen LogP contribution in [-0.4, -0.2) is 36.8 Å². The number of rotatable bonds is 6. The van der Waals surface area contributed by atoms with Gasteiger partial charge in [-0.3, -0.25) is 9.78 Å². The molecule has 2 N–H and O–H groups in total. The molecular weight excluding hydrogens is 368 g/mol. The molecule has 0 spiro atoms. The summed E-state index contributed by atoms with van der Waals surface area (Å²) in [5.74, 6) is 0.703. The molecule has 0 saturated carbocycles. The summed E-state index contributed by atoms with van der Waals surface area (Å²) in [6.45, 7) is 3.92. The minimum atomic E-state index is -0.763. The first-order valence-electron chi connectivity index (χ1n) is 9.37. The number of H-pyrrole nitrogens is 1. The number of ether oxygens (including phenoxy) is 1. The fourth-order valence-corrected chi connectivity index (χ4v) is 3.13. The fraction of sp³-hybridized carbons (Fsp3) is 0.227. The first-order valence-corrected chi connectivity index (χ1v) is 9.37. The lowest BCUT2D eigenvalue weighted by atomic mass is 10.1. The Morgan fingerprint density at radius 3 is 2.69 bits per heavy atom. The number of aromatic nitrogens is 4. The molecule has 4 rings (SSSR count). The number of fused-ring (bicyclic) bond motifs is 1. The second-order valence-corrected chi connectivity index (χ2v) is 7.49. The SMILES string of the molecule is CC(C)(O)CCOc1ccc(-n2cc(-c3cccnc3)c3nc[nH]c(=O)c32)cc1. The van der Waals surface area contributed by atoms with Crippen LogP contribution in [0, 0.1) is 0 Å². The molecule has 0 fully saturated rings. The molecule has 4 aromatic rings. The highest BCUT2D eigenvalue weighted by molar-refractivity contribution is 5.93. The van der Waals surface area contributed by atoms with Crippen LogP contribution in [0.25, 0.3) is 27.8 Å². The van der Waals surface area contributed by atoms with E-state index in [2.05, 4.69) is 15.0 Å². The standard InChI is InChI=1S/C22H22N4O3/c1-22(2,28)9-11-29-17-7-5-16(6-8-17)26-13-18(15-4-3-10-23-12-15)19-20(26)21(27)25-14-24-19/h3-8,10,12-14,28H,9,11H2,1-2H3,(H,24,25,27). The largest absolute Gasteiger partial charge is 0.493 e. The van der Waals surface area contributed by atoms with Crippen LogP contribution in [-0.2, 0) is 0 Å². The van der Waals surface area contributed by atoms with E-state index in [-0.39, 0.29) is 5.56 Å². The van der Waals surface area contributed by atoms with Gasteiger partial charge in [0.1, 0.15) is 16.8 Å². The van der Waals surface area contributed by atoms with Gasteiger partial charge < -0.3 is 19.4 Å². The van der Waals surface area contributed by atoms with Gasteiger partial charge >= 0.3 is 0 Å². The maximum absolute atomic E-state index is 12.5. The van der Waals surface area contributed by atoms with E-state index in [0.29, 0.717) is 29.8 Å². The number of hydrogen-bond acceptors (Lipinski definition) is 5. The maximum Gasteiger partial charge on any atom is 0.275 e. The van der Waals surface area contributed by atoms with Crippen LogP contribution in [0.3, 0.4) is 0 Å². The lowest BCUT2D eigenvalue weighted by Crippen LogP contribution is -2.21. The van der Waals surface area contributed by atoms with Crippen molar-refractivity contribution in [2.24, 2.45) is 0 Å². The zero-order valence-corrected chi connectivity index (χ0v) is 16.3. The molecule has 7 nitrogen and oxygen atoms in total. The average Bonchev–Trinajstić information content (AvgIpc) is 3.09. The van der Waals surface area contributed by atoms with Crippen molar-refractivity contribution in [3.05, 3.63) is 71.7 Å². The van der Waals surface area contributed by atoms with E-state index < -0.39 is 5.60 Å². The lowest BCUT2D eigenvalue weighted by molar-refractivity contribution is 0.0553. The Morgan fingerprint density at radius 2 is 2.00 bits per heavy atom. The van der Waals surface area contributed by atoms with Gasteiger partial charge in [0.15, 0.2) is 0 Å². The Labute approximate surface area is 167 Å². The molecule has 7 heteroatoms. The third kappa shape index (κ3) is 4.05. The quantitative estimate of drug-likeness (QED) is 0.527. The number of benzene rings is 1. The molecule has 3 aromatic heterocycles. The average molecular weight is 390 g/mol. The van der Waals surface area contributed by atoms with Crippen molar-refractivity contribution >= 4 is 11.0 Å². The van der Waals surface area contributed by atoms with Gasteiger partial charge in [0, 0.05) is 41.8 Å². The zero-order valence-electron chi connectivity index (χ0n) is 16.3. The molecule has 0 unspecified atom stereocenters. The van der Waals surface area contributed by atoms with E-state index in [4.69, 9.17) is 4.74 Å². The smallest absolute Gasteiger partial charge is 0.275 e.